The van der Waals surface area contributed by atoms with E-state index >= 15 is 0 Å². The van der Waals surface area contributed by atoms with Gasteiger partial charge in [0.15, 0.2) is 0 Å². The van der Waals surface area contributed by atoms with Gasteiger partial charge in [0, 0.05) is 42.1 Å². The Kier molecular flexibility index (Phi) is 6.87. The maximum Gasteiger partial charge on any atom is 0.256 e. The molecular weight excluding hydrogens is 492 g/mol. The molecule has 2 aromatic carbocycles. The van der Waals surface area contributed by atoms with Crippen molar-refractivity contribution in [1.29, 1.82) is 0 Å². The maximum absolute atomic E-state index is 13.7. The summed E-state index contributed by atoms with van der Waals surface area (Å²) >= 11 is 6.12. The third kappa shape index (κ3) is 5.46. The van der Waals surface area contributed by atoms with E-state index in [0.29, 0.717) is 27.7 Å². The molecule has 3 heterocycles. The van der Waals surface area contributed by atoms with E-state index < -0.39 is 6.04 Å². The summed E-state index contributed by atoms with van der Waals surface area (Å²) < 4.78 is 0. The van der Waals surface area contributed by atoms with E-state index in [2.05, 4.69) is 25.6 Å². The van der Waals surface area contributed by atoms with Crippen LogP contribution in [0.3, 0.4) is 0 Å². The van der Waals surface area contributed by atoms with Crippen molar-refractivity contribution in [3.05, 3.63) is 113 Å². The third-order valence-electron chi connectivity index (χ3n) is 5.95. The zero-order valence-corrected chi connectivity index (χ0v) is 20.2. The minimum atomic E-state index is -0.788. The lowest BCUT2D eigenvalue weighted by Gasteiger charge is -2.29. The zero-order valence-electron chi connectivity index (χ0n) is 19.5. The highest BCUT2D eigenvalue weighted by molar-refractivity contribution is 6.31. The van der Waals surface area contributed by atoms with Crippen LogP contribution in [0.5, 0.6) is 0 Å². The van der Waals surface area contributed by atoms with Crippen LogP contribution in [0, 0.1) is 0 Å². The molecule has 0 spiro atoms. The molecule has 0 fully saturated rings. The summed E-state index contributed by atoms with van der Waals surface area (Å²) in [5.74, 6) is -0.554. The summed E-state index contributed by atoms with van der Waals surface area (Å²) in [4.78, 5) is 53.1. The van der Waals surface area contributed by atoms with Gasteiger partial charge in [-0.15, -0.1) is 0 Å². The van der Waals surface area contributed by atoms with Crippen molar-refractivity contribution in [1.82, 2.24) is 19.9 Å². The number of aromatic nitrogens is 3. The smallest absolute Gasteiger partial charge is 0.256 e. The van der Waals surface area contributed by atoms with Gasteiger partial charge in [0.2, 0.25) is 5.91 Å². The van der Waals surface area contributed by atoms with Gasteiger partial charge in [-0.2, -0.15) is 0 Å². The highest BCUT2D eigenvalue weighted by Crippen LogP contribution is 2.29. The van der Waals surface area contributed by atoms with Crippen molar-refractivity contribution in [2.75, 3.05) is 10.6 Å². The van der Waals surface area contributed by atoms with Crippen molar-refractivity contribution >= 4 is 40.8 Å². The van der Waals surface area contributed by atoms with Gasteiger partial charge >= 0.3 is 0 Å². The summed E-state index contributed by atoms with van der Waals surface area (Å²) in [5, 5.41) is 5.98. The molecule has 2 N–H and O–H groups in total. The highest BCUT2D eigenvalue weighted by Gasteiger charge is 2.35. The normalized spacial score (nSPS) is 14.9. The molecule has 1 aliphatic heterocycles. The van der Waals surface area contributed by atoms with Gasteiger partial charge in [-0.3, -0.25) is 19.4 Å². The molecule has 4 aromatic rings. The molecule has 2 aromatic heterocycles. The molecule has 184 valence electrons. The molecule has 1 unspecified atom stereocenters. The Labute approximate surface area is 217 Å². The van der Waals surface area contributed by atoms with E-state index in [4.69, 9.17) is 11.6 Å². The van der Waals surface area contributed by atoms with Crippen LogP contribution >= 0.6 is 11.6 Å². The lowest BCUT2D eigenvalue weighted by atomic mass is 10.0. The summed E-state index contributed by atoms with van der Waals surface area (Å²) in [7, 11) is 0. The standard InChI is InChI=1S/C27H21ClN6O3/c28-20-7-8-21-22(13-20)32-26(36)23(12-18-2-1-10-29-14-18)34(27(21)37)15-17-3-5-19(6-4-17)25(35)33-24-9-11-30-16-31-24/h1-11,13-14,16,23H,12,15H2,(H,32,36)(H,30,31,33,35). The third-order valence-corrected chi connectivity index (χ3v) is 6.19. The van der Waals surface area contributed by atoms with Crippen molar-refractivity contribution in [2.45, 2.75) is 19.0 Å². The number of hydrogen-bond donors (Lipinski definition) is 2. The van der Waals surface area contributed by atoms with Crippen LogP contribution in [0.1, 0.15) is 31.8 Å². The first kappa shape index (κ1) is 24.1. The van der Waals surface area contributed by atoms with Gasteiger partial charge in [-0.1, -0.05) is 29.8 Å². The molecule has 0 aliphatic carbocycles. The lowest BCUT2D eigenvalue weighted by molar-refractivity contribution is -0.120. The number of benzene rings is 2. The van der Waals surface area contributed by atoms with Gasteiger partial charge in [0.1, 0.15) is 18.2 Å². The number of amides is 3. The Hall–Kier alpha value is -4.63. The molecule has 0 bridgehead atoms. The van der Waals surface area contributed by atoms with E-state index in [1.165, 1.54) is 17.4 Å². The number of halogens is 1. The second-order valence-corrected chi connectivity index (χ2v) is 8.88. The number of anilines is 2. The molecule has 3 amide bonds. The van der Waals surface area contributed by atoms with Gasteiger partial charge in [-0.05, 0) is 53.6 Å². The molecule has 1 atom stereocenters. The fourth-order valence-corrected chi connectivity index (χ4v) is 4.27. The molecule has 9 nitrogen and oxygen atoms in total. The number of carbonyl (C=O) groups excluding carboxylic acids is 3. The van der Waals surface area contributed by atoms with Gasteiger partial charge in [0.05, 0.1) is 11.3 Å². The van der Waals surface area contributed by atoms with E-state index in [0.717, 1.165) is 11.1 Å². The van der Waals surface area contributed by atoms with Crippen molar-refractivity contribution in [3.63, 3.8) is 0 Å². The minimum absolute atomic E-state index is 0.160. The van der Waals surface area contributed by atoms with Gasteiger partial charge in [-0.25, -0.2) is 9.97 Å². The Bertz CT molecular complexity index is 1450. The first-order valence-electron chi connectivity index (χ1n) is 11.4. The van der Waals surface area contributed by atoms with Crippen molar-refractivity contribution < 1.29 is 14.4 Å². The number of rotatable bonds is 6. The monoisotopic (exact) mass is 512 g/mol. The minimum Gasteiger partial charge on any atom is -0.323 e. The molecule has 0 radical (unpaired) electrons. The van der Waals surface area contributed by atoms with Gasteiger partial charge < -0.3 is 15.5 Å². The molecule has 37 heavy (non-hydrogen) atoms. The molecule has 10 heteroatoms. The van der Waals surface area contributed by atoms with Crippen molar-refractivity contribution in [2.24, 2.45) is 0 Å². The van der Waals surface area contributed by atoms with Crippen molar-refractivity contribution in [3.8, 4) is 0 Å². The molecule has 1 aliphatic rings. The summed E-state index contributed by atoms with van der Waals surface area (Å²) in [6.07, 6.45) is 6.50. The summed E-state index contributed by atoms with van der Waals surface area (Å²) in [6.45, 7) is 0.160. The average Bonchev–Trinajstić information content (AvgIpc) is 3.00. The van der Waals surface area contributed by atoms with Crippen LogP contribution in [0.25, 0.3) is 0 Å². The SMILES string of the molecule is O=C(Nc1ccncn1)c1ccc(CN2C(=O)c3ccc(Cl)cc3NC(=O)C2Cc2cccnc2)cc1. The maximum atomic E-state index is 13.7. The van der Waals surface area contributed by atoms with E-state index in [-0.39, 0.29) is 30.7 Å². The Morgan fingerprint density at radius 3 is 2.57 bits per heavy atom. The van der Waals surface area contributed by atoms with Crippen LogP contribution in [0.2, 0.25) is 5.02 Å². The molecule has 0 saturated carbocycles. The second-order valence-electron chi connectivity index (χ2n) is 8.44. The number of nitrogens with zero attached hydrogens (tertiary/aromatic N) is 4. The second kappa shape index (κ2) is 10.5. The number of carbonyl (C=O) groups is 3. The number of nitrogens with one attached hydrogen (secondary N) is 2. The largest absolute Gasteiger partial charge is 0.323 e. The van der Waals surface area contributed by atoms with Crippen LogP contribution < -0.4 is 10.6 Å². The Balaban J connectivity index is 1.42. The van der Waals surface area contributed by atoms with Crippen LogP contribution in [-0.2, 0) is 17.8 Å². The topological polar surface area (TPSA) is 117 Å². The van der Waals surface area contributed by atoms with Crippen LogP contribution in [0.15, 0.2) is 85.6 Å². The first-order valence-corrected chi connectivity index (χ1v) is 11.8. The van der Waals surface area contributed by atoms with Crippen LogP contribution in [-0.4, -0.2) is 43.6 Å². The molecular formula is C27H21ClN6O3. The van der Waals surface area contributed by atoms with Crippen LogP contribution in [0.4, 0.5) is 11.5 Å². The van der Waals surface area contributed by atoms with E-state index in [1.54, 1.807) is 67.0 Å². The van der Waals surface area contributed by atoms with E-state index in [9.17, 15) is 14.4 Å². The predicted molar refractivity (Wildman–Crippen MR) is 138 cm³/mol. The van der Waals surface area contributed by atoms with Gasteiger partial charge in [0.25, 0.3) is 11.8 Å². The quantitative estimate of drug-likeness (QED) is 0.403. The van der Waals surface area contributed by atoms with E-state index in [1.807, 2.05) is 6.07 Å². The summed E-state index contributed by atoms with van der Waals surface area (Å²) in [6, 6.07) is 16.1. The number of fused-ring (bicyclic) bond motifs is 1. The fraction of sp³-hybridized carbons (Fsp3) is 0.111. The first-order chi connectivity index (χ1) is 18.0. The lowest BCUT2D eigenvalue weighted by Crippen LogP contribution is -2.46. The number of pyridine rings is 1. The molecule has 0 saturated heterocycles. The highest BCUT2D eigenvalue weighted by atomic mass is 35.5. The molecule has 5 rings (SSSR count). The fourth-order valence-electron chi connectivity index (χ4n) is 4.10. The predicted octanol–water partition coefficient (Wildman–Crippen LogP) is 3.98. The summed E-state index contributed by atoms with van der Waals surface area (Å²) in [5.41, 5.74) is 2.73. The Morgan fingerprint density at radius 2 is 1.84 bits per heavy atom. The zero-order chi connectivity index (χ0) is 25.8. The Morgan fingerprint density at radius 1 is 1.00 bits per heavy atom. The number of hydrogen-bond acceptors (Lipinski definition) is 6. The average molecular weight is 513 g/mol.